The van der Waals surface area contributed by atoms with Crippen molar-refractivity contribution in [2.45, 2.75) is 87.9 Å². The van der Waals surface area contributed by atoms with E-state index in [0.29, 0.717) is 12.2 Å². The van der Waals surface area contributed by atoms with E-state index in [0.717, 1.165) is 23.5 Å². The van der Waals surface area contributed by atoms with Crippen molar-refractivity contribution in [2.24, 2.45) is 0 Å². The lowest BCUT2D eigenvalue weighted by molar-refractivity contribution is -0.128. The fraction of sp³-hybridized carbons (Fsp3) is 0.552. The van der Waals surface area contributed by atoms with Crippen molar-refractivity contribution in [2.75, 3.05) is 23.3 Å². The van der Waals surface area contributed by atoms with Crippen molar-refractivity contribution in [1.82, 2.24) is 15.6 Å². The number of carbonyl (C=O) groups is 2. The lowest BCUT2D eigenvalue weighted by Crippen LogP contribution is -2.52. The standard InChI is InChI=1S/C29H36F3N5O3/c1-27(2)15-34-22-11-20(4-5-21(22)27)37(26(39)23-12-28(3,40)16-35-23)24(17-10-18(30)14-33-13-17)25(38)36-19-6-8-29(31,32)9-7-19/h4-5,10-11,13-14,19,23-24,34-35,40H,6-9,12,15-16H2,1-3H3,(H,36,38)/t23-,24?,28-/m1/s1. The maximum absolute atomic E-state index is 14.4. The summed E-state index contributed by atoms with van der Waals surface area (Å²) in [6.45, 7) is 6.70. The van der Waals surface area contributed by atoms with Gasteiger partial charge in [-0.15, -0.1) is 0 Å². The first-order valence-corrected chi connectivity index (χ1v) is 13.7. The van der Waals surface area contributed by atoms with Crippen LogP contribution in [0.3, 0.4) is 0 Å². The molecule has 40 heavy (non-hydrogen) atoms. The number of nitrogens with one attached hydrogen (secondary N) is 3. The Morgan fingerprint density at radius 3 is 2.50 bits per heavy atom. The number of nitrogens with zero attached hydrogens (tertiary/aromatic N) is 2. The fourth-order valence-corrected chi connectivity index (χ4v) is 5.96. The molecule has 2 fully saturated rings. The lowest BCUT2D eigenvalue weighted by Gasteiger charge is -2.35. The predicted molar refractivity (Wildman–Crippen MR) is 145 cm³/mol. The number of hydrogen-bond donors (Lipinski definition) is 4. The molecular weight excluding hydrogens is 523 g/mol. The molecule has 3 aliphatic rings. The van der Waals surface area contributed by atoms with Gasteiger partial charge in [-0.05, 0) is 43.5 Å². The summed E-state index contributed by atoms with van der Waals surface area (Å²) in [4.78, 5) is 33.4. The van der Waals surface area contributed by atoms with Gasteiger partial charge in [0.2, 0.25) is 17.7 Å². The maximum Gasteiger partial charge on any atom is 0.248 e. The Bertz CT molecular complexity index is 1290. The average molecular weight is 560 g/mol. The highest BCUT2D eigenvalue weighted by Crippen LogP contribution is 2.41. The SMILES string of the molecule is CC1(C)CNc2cc(N(C(=O)[C@H]3C[C@@](C)(O)CN3)C(C(=O)NC3CCC(F)(F)CC3)c3cncc(F)c3)ccc21. The number of β-amino-alcohol motifs (C(OH)–C–C–N with tert-alkyl or cyclic N) is 1. The third kappa shape index (κ3) is 5.81. The molecule has 216 valence electrons. The van der Waals surface area contributed by atoms with Gasteiger partial charge in [-0.2, -0.15) is 0 Å². The normalized spacial score (nSPS) is 26.0. The zero-order chi connectivity index (χ0) is 28.9. The van der Waals surface area contributed by atoms with Gasteiger partial charge >= 0.3 is 0 Å². The highest BCUT2D eigenvalue weighted by atomic mass is 19.3. The van der Waals surface area contributed by atoms with E-state index in [9.17, 15) is 27.9 Å². The van der Waals surface area contributed by atoms with E-state index in [-0.39, 0.29) is 49.6 Å². The lowest BCUT2D eigenvalue weighted by atomic mass is 9.87. The molecule has 1 aromatic carbocycles. The molecule has 11 heteroatoms. The number of anilines is 2. The monoisotopic (exact) mass is 559 g/mol. The number of halogens is 3. The molecule has 2 aromatic rings. The number of aliphatic hydroxyl groups is 1. The average Bonchev–Trinajstić information content (AvgIpc) is 3.40. The van der Waals surface area contributed by atoms with Crippen LogP contribution in [-0.4, -0.2) is 58.6 Å². The Balaban J connectivity index is 1.56. The molecule has 2 aliphatic heterocycles. The molecule has 3 atom stereocenters. The van der Waals surface area contributed by atoms with E-state index in [1.807, 2.05) is 6.07 Å². The van der Waals surface area contributed by atoms with Crippen molar-refractivity contribution in [3.8, 4) is 0 Å². The van der Waals surface area contributed by atoms with E-state index in [1.165, 1.54) is 11.1 Å². The Morgan fingerprint density at radius 2 is 1.85 bits per heavy atom. The third-order valence-corrected chi connectivity index (χ3v) is 8.25. The van der Waals surface area contributed by atoms with Gasteiger partial charge < -0.3 is 21.1 Å². The second kappa shape index (κ2) is 10.3. The Morgan fingerprint density at radius 1 is 1.12 bits per heavy atom. The molecule has 1 aromatic heterocycles. The summed E-state index contributed by atoms with van der Waals surface area (Å²) in [5.41, 5.74) is 1.16. The summed E-state index contributed by atoms with van der Waals surface area (Å²) in [6, 6.07) is 3.96. The summed E-state index contributed by atoms with van der Waals surface area (Å²) >= 11 is 0. The van der Waals surface area contributed by atoms with E-state index in [1.54, 1.807) is 19.1 Å². The van der Waals surface area contributed by atoms with Crippen molar-refractivity contribution in [3.05, 3.63) is 53.6 Å². The van der Waals surface area contributed by atoms with Crippen molar-refractivity contribution < 1.29 is 27.9 Å². The number of amides is 2. The second-order valence-corrected chi connectivity index (χ2v) is 12.3. The highest BCUT2D eigenvalue weighted by Gasteiger charge is 2.44. The highest BCUT2D eigenvalue weighted by molar-refractivity contribution is 6.04. The van der Waals surface area contributed by atoms with E-state index in [2.05, 4.69) is 34.8 Å². The van der Waals surface area contributed by atoms with Crippen LogP contribution in [0.15, 0.2) is 36.7 Å². The fourth-order valence-electron chi connectivity index (χ4n) is 5.96. The van der Waals surface area contributed by atoms with Crippen LogP contribution >= 0.6 is 0 Å². The van der Waals surface area contributed by atoms with E-state index >= 15 is 0 Å². The molecule has 0 bridgehead atoms. The van der Waals surface area contributed by atoms with Crippen LogP contribution in [0.5, 0.6) is 0 Å². The number of hydrogen-bond acceptors (Lipinski definition) is 6. The van der Waals surface area contributed by atoms with Crippen molar-refractivity contribution in [3.63, 3.8) is 0 Å². The first kappa shape index (κ1) is 28.4. The Hall–Kier alpha value is -3.18. The van der Waals surface area contributed by atoms with Crippen LogP contribution in [0.4, 0.5) is 24.5 Å². The zero-order valence-corrected chi connectivity index (χ0v) is 22.9. The number of pyridine rings is 1. The molecule has 0 spiro atoms. The molecule has 3 heterocycles. The minimum Gasteiger partial charge on any atom is -0.389 e. The van der Waals surface area contributed by atoms with Gasteiger partial charge in [-0.25, -0.2) is 13.2 Å². The molecule has 1 saturated heterocycles. The Labute approximate surface area is 231 Å². The van der Waals surface area contributed by atoms with Gasteiger partial charge in [0.15, 0.2) is 0 Å². The van der Waals surface area contributed by atoms with Gasteiger partial charge in [0, 0.05) is 66.9 Å². The number of carbonyl (C=O) groups excluding carboxylic acids is 2. The number of aromatic nitrogens is 1. The molecule has 0 radical (unpaired) electrons. The van der Waals surface area contributed by atoms with Crippen LogP contribution in [-0.2, 0) is 15.0 Å². The second-order valence-electron chi connectivity index (χ2n) is 12.3. The van der Waals surface area contributed by atoms with Crippen LogP contribution in [0, 0.1) is 5.82 Å². The van der Waals surface area contributed by atoms with Gasteiger partial charge in [0.05, 0.1) is 17.8 Å². The van der Waals surface area contributed by atoms with Crippen molar-refractivity contribution >= 4 is 23.2 Å². The molecule has 4 N–H and O–H groups in total. The molecule has 8 nitrogen and oxygen atoms in total. The van der Waals surface area contributed by atoms with Crippen LogP contribution in [0.2, 0.25) is 0 Å². The largest absolute Gasteiger partial charge is 0.389 e. The quantitative estimate of drug-likeness (QED) is 0.429. The summed E-state index contributed by atoms with van der Waals surface area (Å²) in [7, 11) is 0. The molecule has 5 rings (SSSR count). The topological polar surface area (TPSA) is 107 Å². The summed E-state index contributed by atoms with van der Waals surface area (Å²) in [5.74, 6) is -4.55. The van der Waals surface area contributed by atoms with Crippen LogP contribution in [0.1, 0.15) is 70.0 Å². The van der Waals surface area contributed by atoms with Crippen molar-refractivity contribution in [1.29, 1.82) is 0 Å². The number of alkyl halides is 2. The summed E-state index contributed by atoms with van der Waals surface area (Å²) in [5, 5.41) is 19.8. The molecule has 1 unspecified atom stereocenters. The summed E-state index contributed by atoms with van der Waals surface area (Å²) < 4.78 is 42.0. The molecule has 2 amide bonds. The number of benzene rings is 1. The third-order valence-electron chi connectivity index (χ3n) is 8.25. The van der Waals surface area contributed by atoms with E-state index in [4.69, 9.17) is 0 Å². The molecule has 1 saturated carbocycles. The van der Waals surface area contributed by atoms with Crippen LogP contribution < -0.4 is 20.9 Å². The van der Waals surface area contributed by atoms with Gasteiger partial charge in [-0.1, -0.05) is 19.9 Å². The summed E-state index contributed by atoms with van der Waals surface area (Å²) in [6.07, 6.45) is 1.93. The molecule has 1 aliphatic carbocycles. The number of rotatable bonds is 6. The van der Waals surface area contributed by atoms with Crippen LogP contribution in [0.25, 0.3) is 0 Å². The first-order chi connectivity index (χ1) is 18.7. The van der Waals surface area contributed by atoms with Gasteiger partial charge in [-0.3, -0.25) is 19.5 Å². The van der Waals surface area contributed by atoms with E-state index < -0.39 is 47.3 Å². The minimum absolute atomic E-state index is 0.0890. The Kier molecular flexibility index (Phi) is 7.33. The smallest absolute Gasteiger partial charge is 0.248 e. The zero-order valence-electron chi connectivity index (χ0n) is 22.9. The van der Waals surface area contributed by atoms with Gasteiger partial charge in [0.1, 0.15) is 11.9 Å². The maximum atomic E-state index is 14.4. The predicted octanol–water partition coefficient (Wildman–Crippen LogP) is 3.81. The minimum atomic E-state index is -2.77. The molecular formula is C29H36F3N5O3. The van der Waals surface area contributed by atoms with Gasteiger partial charge in [0.25, 0.3) is 0 Å². The first-order valence-electron chi connectivity index (χ1n) is 13.7. The number of fused-ring (bicyclic) bond motifs is 1.